The van der Waals surface area contributed by atoms with E-state index in [2.05, 4.69) is 11.4 Å². The van der Waals surface area contributed by atoms with Gasteiger partial charge in [0.25, 0.3) is 11.5 Å². The maximum absolute atomic E-state index is 13.6. The van der Waals surface area contributed by atoms with Crippen molar-refractivity contribution >= 4 is 43.2 Å². The minimum atomic E-state index is -3.21. The quantitative estimate of drug-likeness (QED) is 0.475. The number of nitrogens with zero attached hydrogens (tertiary/aromatic N) is 4. The third-order valence-corrected chi connectivity index (χ3v) is 7.86. The molecule has 1 atom stereocenters. The number of fused-ring (bicyclic) bond motifs is 1. The van der Waals surface area contributed by atoms with Gasteiger partial charge in [0.2, 0.25) is 5.95 Å². The lowest BCUT2D eigenvalue weighted by molar-refractivity contribution is 0.0960. The first kappa shape index (κ1) is 24.8. The third kappa shape index (κ3) is 5.70. The highest BCUT2D eigenvalue weighted by molar-refractivity contribution is 7.90. The molecule has 0 spiro atoms. The number of aromatic nitrogens is 2. The fourth-order valence-corrected chi connectivity index (χ4v) is 5.50. The van der Waals surface area contributed by atoms with Gasteiger partial charge in [0.15, 0.2) is 0 Å². The molecule has 1 amide bonds. The molecule has 0 radical (unpaired) electrons. The molecule has 2 aromatic heterocycles. The Balaban J connectivity index is 1.76. The number of anilines is 1. The van der Waals surface area contributed by atoms with Gasteiger partial charge in [-0.2, -0.15) is 5.26 Å². The Labute approximate surface area is 206 Å². The summed E-state index contributed by atoms with van der Waals surface area (Å²) >= 11 is 1.01. The minimum Gasteiger partial charge on any atom is -0.350 e. The van der Waals surface area contributed by atoms with E-state index in [1.165, 1.54) is 0 Å². The Bertz CT molecular complexity index is 1470. The third-order valence-electron chi connectivity index (χ3n) is 5.80. The number of benzene rings is 1. The van der Waals surface area contributed by atoms with Gasteiger partial charge >= 0.3 is 0 Å². The lowest BCUT2D eigenvalue weighted by atomic mass is 10.1. The van der Waals surface area contributed by atoms with Crippen LogP contribution in [-0.4, -0.2) is 61.6 Å². The van der Waals surface area contributed by atoms with E-state index in [0.717, 1.165) is 30.4 Å². The number of sulfone groups is 1. The molecule has 0 bridgehead atoms. The topological polar surface area (TPSA) is 151 Å². The maximum Gasteiger partial charge on any atom is 0.273 e. The van der Waals surface area contributed by atoms with Crippen molar-refractivity contribution in [2.75, 3.05) is 36.5 Å². The normalized spacial score (nSPS) is 16.3. The zero-order chi connectivity index (χ0) is 25.2. The number of amides is 1. The van der Waals surface area contributed by atoms with E-state index in [1.54, 1.807) is 28.8 Å². The fourth-order valence-electron chi connectivity index (χ4n) is 4.06. The first-order chi connectivity index (χ1) is 16.7. The van der Waals surface area contributed by atoms with Gasteiger partial charge in [-0.15, -0.1) is 11.3 Å². The standard InChI is InChI=1S/C23H26N6O4S2/c1-35(32,33)10-8-26-21(30)19-11-18-20(34-19)22(31)29(13-16-6-3-2-5-15(16)12-24)23(27-18)28-9-4-7-17(25)14-28/h2-3,5-6,11,17H,4,7-10,13-14,25H2,1H3,(H,26,30)/t17-/m1/s1. The van der Waals surface area contributed by atoms with Crippen LogP contribution in [0.3, 0.4) is 0 Å². The molecule has 0 unspecified atom stereocenters. The van der Waals surface area contributed by atoms with Crippen molar-refractivity contribution in [2.24, 2.45) is 5.73 Å². The molecule has 0 aliphatic carbocycles. The van der Waals surface area contributed by atoms with Crippen LogP contribution in [0.25, 0.3) is 10.2 Å². The van der Waals surface area contributed by atoms with Crippen molar-refractivity contribution in [1.29, 1.82) is 5.26 Å². The molecule has 3 heterocycles. The van der Waals surface area contributed by atoms with E-state index < -0.39 is 15.7 Å². The van der Waals surface area contributed by atoms with Crippen LogP contribution in [0.2, 0.25) is 0 Å². The van der Waals surface area contributed by atoms with Crippen LogP contribution in [-0.2, 0) is 16.4 Å². The lowest BCUT2D eigenvalue weighted by Gasteiger charge is -2.33. The minimum absolute atomic E-state index is 0.0224. The number of carbonyl (C=O) groups excluding carboxylic acids is 1. The summed E-state index contributed by atoms with van der Waals surface area (Å²) in [5.41, 5.74) is 7.44. The van der Waals surface area contributed by atoms with Gasteiger partial charge in [-0.05, 0) is 30.5 Å². The average Bonchev–Trinajstić information content (AvgIpc) is 3.25. The molecule has 3 aromatic rings. The Morgan fingerprint density at radius 1 is 1.37 bits per heavy atom. The molecular formula is C23H26N6O4S2. The zero-order valence-corrected chi connectivity index (χ0v) is 20.9. The number of nitriles is 1. The molecule has 1 aliphatic rings. The van der Waals surface area contributed by atoms with E-state index in [9.17, 15) is 23.3 Å². The Kier molecular flexibility index (Phi) is 7.20. The van der Waals surface area contributed by atoms with Crippen molar-refractivity contribution in [3.8, 4) is 6.07 Å². The van der Waals surface area contributed by atoms with Crippen molar-refractivity contribution in [3.05, 3.63) is 56.7 Å². The summed E-state index contributed by atoms with van der Waals surface area (Å²) in [5.74, 6) is -0.182. The van der Waals surface area contributed by atoms with Crippen LogP contribution < -0.4 is 21.5 Å². The highest BCUT2D eigenvalue weighted by Crippen LogP contribution is 2.26. The molecule has 0 saturated carbocycles. The second-order valence-electron chi connectivity index (χ2n) is 8.63. The summed E-state index contributed by atoms with van der Waals surface area (Å²) in [6.45, 7) is 1.36. The predicted octanol–water partition coefficient (Wildman–Crippen LogP) is 1.08. The summed E-state index contributed by atoms with van der Waals surface area (Å²) in [7, 11) is -3.21. The van der Waals surface area contributed by atoms with Crippen LogP contribution in [0.5, 0.6) is 0 Å². The fraction of sp³-hybridized carbons (Fsp3) is 0.391. The van der Waals surface area contributed by atoms with E-state index in [1.807, 2.05) is 11.0 Å². The Morgan fingerprint density at radius 2 is 2.14 bits per heavy atom. The van der Waals surface area contributed by atoms with Gasteiger partial charge in [-0.25, -0.2) is 13.4 Å². The monoisotopic (exact) mass is 514 g/mol. The highest BCUT2D eigenvalue weighted by Gasteiger charge is 2.24. The Hall–Kier alpha value is -3.27. The molecule has 1 aromatic carbocycles. The second-order valence-corrected chi connectivity index (χ2v) is 11.9. The second kappa shape index (κ2) is 10.2. The van der Waals surface area contributed by atoms with Gasteiger partial charge in [-0.3, -0.25) is 14.2 Å². The smallest absolute Gasteiger partial charge is 0.273 e. The number of thiophene rings is 1. The van der Waals surface area contributed by atoms with Crippen LogP contribution in [0.1, 0.15) is 33.6 Å². The number of nitrogens with two attached hydrogens (primary N) is 1. The van der Waals surface area contributed by atoms with Crippen LogP contribution in [0.15, 0.2) is 35.1 Å². The van der Waals surface area contributed by atoms with Gasteiger partial charge in [0, 0.05) is 31.9 Å². The van der Waals surface area contributed by atoms with Gasteiger partial charge in [-0.1, -0.05) is 18.2 Å². The number of piperidine rings is 1. The molecule has 3 N–H and O–H groups in total. The van der Waals surface area contributed by atoms with Crippen LogP contribution in [0, 0.1) is 11.3 Å². The van der Waals surface area contributed by atoms with Gasteiger partial charge in [0.05, 0.1) is 34.3 Å². The molecule has 10 nitrogen and oxygen atoms in total. The summed E-state index contributed by atoms with van der Waals surface area (Å²) < 4.78 is 24.5. The molecule has 1 saturated heterocycles. The first-order valence-corrected chi connectivity index (χ1v) is 14.0. The Morgan fingerprint density at radius 3 is 2.86 bits per heavy atom. The number of hydrogen-bond acceptors (Lipinski definition) is 9. The molecule has 1 aliphatic heterocycles. The van der Waals surface area contributed by atoms with Crippen LogP contribution >= 0.6 is 11.3 Å². The van der Waals surface area contributed by atoms with Crippen LogP contribution in [0.4, 0.5) is 5.95 Å². The lowest BCUT2D eigenvalue weighted by Crippen LogP contribution is -2.45. The summed E-state index contributed by atoms with van der Waals surface area (Å²) in [6, 6.07) is 10.8. The number of carbonyl (C=O) groups is 1. The van der Waals surface area contributed by atoms with Crippen molar-refractivity contribution in [2.45, 2.75) is 25.4 Å². The highest BCUT2D eigenvalue weighted by atomic mass is 32.2. The zero-order valence-electron chi connectivity index (χ0n) is 19.2. The molecule has 35 heavy (non-hydrogen) atoms. The molecule has 1 fully saturated rings. The summed E-state index contributed by atoms with van der Waals surface area (Å²) in [4.78, 5) is 33.3. The van der Waals surface area contributed by atoms with E-state index in [0.29, 0.717) is 40.4 Å². The molecular weight excluding hydrogens is 488 g/mol. The van der Waals surface area contributed by atoms with Crippen molar-refractivity contribution in [3.63, 3.8) is 0 Å². The first-order valence-electron chi connectivity index (χ1n) is 11.1. The largest absolute Gasteiger partial charge is 0.350 e. The maximum atomic E-state index is 13.6. The van der Waals surface area contributed by atoms with E-state index in [4.69, 9.17) is 10.7 Å². The van der Waals surface area contributed by atoms with E-state index >= 15 is 0 Å². The van der Waals surface area contributed by atoms with Crippen molar-refractivity contribution < 1.29 is 13.2 Å². The number of rotatable bonds is 7. The predicted molar refractivity (Wildman–Crippen MR) is 136 cm³/mol. The number of nitrogens with one attached hydrogen (secondary N) is 1. The average molecular weight is 515 g/mol. The number of hydrogen-bond donors (Lipinski definition) is 2. The van der Waals surface area contributed by atoms with E-state index in [-0.39, 0.29) is 35.3 Å². The molecule has 4 rings (SSSR count). The van der Waals surface area contributed by atoms with Gasteiger partial charge < -0.3 is 16.0 Å². The van der Waals surface area contributed by atoms with Gasteiger partial charge in [0.1, 0.15) is 14.5 Å². The summed E-state index contributed by atoms with van der Waals surface area (Å²) in [6.07, 6.45) is 2.85. The summed E-state index contributed by atoms with van der Waals surface area (Å²) in [5, 5.41) is 12.1. The van der Waals surface area contributed by atoms with Crippen molar-refractivity contribution in [1.82, 2.24) is 14.9 Å². The SMILES string of the molecule is CS(=O)(=O)CCNC(=O)c1cc2nc(N3CCC[C@@H](N)C3)n(Cc3ccccc3C#N)c(=O)c2s1. The molecule has 12 heteroatoms. The molecule has 184 valence electrons.